The molecule has 2 amide bonds. The minimum absolute atomic E-state index is 0.0449. The fourth-order valence-corrected chi connectivity index (χ4v) is 3.64. The first-order valence-corrected chi connectivity index (χ1v) is 11.5. The molecule has 29 heavy (non-hydrogen) atoms. The number of ether oxygens (including phenoxy) is 1. The number of nitrogens with one attached hydrogen (secondary N) is 2. The van der Waals surface area contributed by atoms with E-state index in [9.17, 15) is 9.59 Å². The molecule has 2 rings (SSSR count). The molecule has 1 atom stereocenters. The Morgan fingerprint density at radius 2 is 1.62 bits per heavy atom. The van der Waals surface area contributed by atoms with Crippen LogP contribution in [-0.2, 0) is 9.53 Å². The quantitative estimate of drug-likeness (QED) is 0.406. The third kappa shape index (κ3) is 9.93. The van der Waals surface area contributed by atoms with Crippen molar-refractivity contribution in [2.24, 2.45) is 0 Å². The zero-order valence-electron chi connectivity index (χ0n) is 18.0. The molecule has 0 spiro atoms. The Morgan fingerprint density at radius 1 is 0.966 bits per heavy atom. The molecule has 1 saturated heterocycles. The van der Waals surface area contributed by atoms with Crippen molar-refractivity contribution >= 4 is 17.5 Å². The van der Waals surface area contributed by atoms with Crippen LogP contribution in [0.5, 0.6) is 0 Å². The van der Waals surface area contributed by atoms with Crippen molar-refractivity contribution in [3.63, 3.8) is 0 Å². The van der Waals surface area contributed by atoms with Gasteiger partial charge in [0.25, 0.3) is 5.91 Å². The van der Waals surface area contributed by atoms with Crippen LogP contribution in [0.3, 0.4) is 0 Å². The van der Waals surface area contributed by atoms with E-state index in [1.165, 1.54) is 44.9 Å². The van der Waals surface area contributed by atoms with E-state index in [0.29, 0.717) is 18.5 Å². The summed E-state index contributed by atoms with van der Waals surface area (Å²) in [5.74, 6) is -0.0587. The molecular weight excluding hydrogens is 364 g/mol. The predicted molar refractivity (Wildman–Crippen MR) is 118 cm³/mol. The Morgan fingerprint density at radius 3 is 2.24 bits per heavy atom. The van der Waals surface area contributed by atoms with Gasteiger partial charge in [-0.15, -0.1) is 0 Å². The largest absolute Gasteiger partial charge is 0.376 e. The topological polar surface area (TPSA) is 67.4 Å². The number of carbonyl (C=O) groups excluding carboxylic acids is 2. The van der Waals surface area contributed by atoms with E-state index in [-0.39, 0.29) is 17.9 Å². The van der Waals surface area contributed by atoms with E-state index >= 15 is 0 Å². The molecule has 1 aromatic rings. The Bertz CT molecular complexity index is 595. The van der Waals surface area contributed by atoms with Crippen LogP contribution in [0.15, 0.2) is 24.3 Å². The van der Waals surface area contributed by atoms with Gasteiger partial charge in [0.1, 0.15) is 0 Å². The zero-order chi connectivity index (χ0) is 20.7. The van der Waals surface area contributed by atoms with E-state index in [1.54, 1.807) is 24.3 Å². The highest BCUT2D eigenvalue weighted by molar-refractivity contribution is 5.95. The molecule has 1 aliphatic rings. The SMILES string of the molecule is CCCCCCCCCCCC(=O)Nc1ccc(C(=O)NC[C@@H]2CCCO2)cc1. The fraction of sp³-hybridized carbons (Fsp3) is 0.667. The number of hydrogen-bond acceptors (Lipinski definition) is 3. The summed E-state index contributed by atoms with van der Waals surface area (Å²) in [6, 6.07) is 7.07. The van der Waals surface area contributed by atoms with Gasteiger partial charge >= 0.3 is 0 Å². The number of rotatable bonds is 14. The van der Waals surface area contributed by atoms with Gasteiger partial charge in [-0.25, -0.2) is 0 Å². The standard InChI is InChI=1S/C24H38N2O3/c1-2-3-4-5-6-7-8-9-10-13-23(27)26-21-16-14-20(15-17-21)24(28)25-19-22-12-11-18-29-22/h14-17,22H,2-13,18-19H2,1H3,(H,25,28)(H,26,27)/t22-/m0/s1. The van der Waals surface area contributed by atoms with Crippen LogP contribution < -0.4 is 10.6 Å². The van der Waals surface area contributed by atoms with Crippen molar-refractivity contribution in [3.8, 4) is 0 Å². The van der Waals surface area contributed by atoms with Crippen molar-refractivity contribution < 1.29 is 14.3 Å². The van der Waals surface area contributed by atoms with Crippen molar-refractivity contribution in [2.45, 2.75) is 90.1 Å². The first kappa shape index (κ1) is 23.4. The van der Waals surface area contributed by atoms with Crippen LogP contribution in [0.25, 0.3) is 0 Å². The summed E-state index contributed by atoms with van der Waals surface area (Å²) in [5, 5.41) is 5.83. The molecule has 0 aliphatic carbocycles. The molecule has 0 saturated carbocycles. The second kappa shape index (κ2) is 14.2. The van der Waals surface area contributed by atoms with Crippen LogP contribution >= 0.6 is 0 Å². The van der Waals surface area contributed by atoms with Gasteiger partial charge in [0.15, 0.2) is 0 Å². The average Bonchev–Trinajstić information content (AvgIpc) is 3.25. The normalized spacial score (nSPS) is 16.0. The van der Waals surface area contributed by atoms with Crippen LogP contribution in [0.2, 0.25) is 0 Å². The van der Waals surface area contributed by atoms with E-state index < -0.39 is 0 Å². The molecule has 1 heterocycles. The second-order valence-electron chi connectivity index (χ2n) is 8.05. The number of benzene rings is 1. The summed E-state index contributed by atoms with van der Waals surface area (Å²) in [7, 11) is 0. The van der Waals surface area contributed by atoms with Crippen LogP contribution in [0, 0.1) is 0 Å². The maximum atomic E-state index is 12.2. The van der Waals surface area contributed by atoms with Crippen LogP contribution in [0.4, 0.5) is 5.69 Å². The summed E-state index contributed by atoms with van der Waals surface area (Å²) in [6.45, 7) is 3.58. The molecule has 5 heteroatoms. The van der Waals surface area contributed by atoms with Crippen molar-refractivity contribution in [1.82, 2.24) is 5.32 Å². The summed E-state index contributed by atoms with van der Waals surface area (Å²) in [6.07, 6.45) is 14.0. The third-order valence-electron chi connectivity index (χ3n) is 5.45. The van der Waals surface area contributed by atoms with Gasteiger partial charge in [0.2, 0.25) is 5.91 Å². The lowest BCUT2D eigenvalue weighted by molar-refractivity contribution is -0.116. The molecule has 1 fully saturated rings. The first-order valence-electron chi connectivity index (χ1n) is 11.5. The van der Waals surface area contributed by atoms with E-state index in [1.807, 2.05) is 0 Å². The molecular formula is C24H38N2O3. The minimum atomic E-state index is -0.104. The van der Waals surface area contributed by atoms with Gasteiger partial charge in [-0.05, 0) is 43.5 Å². The lowest BCUT2D eigenvalue weighted by atomic mass is 10.1. The van der Waals surface area contributed by atoms with Crippen molar-refractivity contribution in [2.75, 3.05) is 18.5 Å². The van der Waals surface area contributed by atoms with Gasteiger partial charge in [-0.1, -0.05) is 58.3 Å². The first-order chi connectivity index (χ1) is 14.2. The highest BCUT2D eigenvalue weighted by Crippen LogP contribution is 2.14. The van der Waals surface area contributed by atoms with Crippen LogP contribution in [0.1, 0.15) is 94.3 Å². The number of unbranched alkanes of at least 4 members (excludes halogenated alkanes) is 8. The molecule has 2 N–H and O–H groups in total. The Balaban J connectivity index is 1.56. The second-order valence-corrected chi connectivity index (χ2v) is 8.05. The number of carbonyl (C=O) groups is 2. The molecule has 162 valence electrons. The van der Waals surface area contributed by atoms with Gasteiger partial charge in [-0.2, -0.15) is 0 Å². The Kier molecular flexibility index (Phi) is 11.4. The minimum Gasteiger partial charge on any atom is -0.376 e. The Labute approximate surface area is 176 Å². The monoisotopic (exact) mass is 402 g/mol. The third-order valence-corrected chi connectivity index (χ3v) is 5.45. The molecule has 1 aliphatic heterocycles. The summed E-state index contributed by atoms with van der Waals surface area (Å²) in [4.78, 5) is 24.3. The molecule has 1 aromatic carbocycles. The lowest BCUT2D eigenvalue weighted by Gasteiger charge is -2.11. The summed E-state index contributed by atoms with van der Waals surface area (Å²) >= 11 is 0. The Hall–Kier alpha value is -1.88. The molecule has 0 bridgehead atoms. The van der Waals surface area contributed by atoms with E-state index in [0.717, 1.165) is 38.0 Å². The summed E-state index contributed by atoms with van der Waals surface area (Å²) in [5.41, 5.74) is 1.33. The highest BCUT2D eigenvalue weighted by Gasteiger charge is 2.16. The average molecular weight is 403 g/mol. The van der Waals surface area contributed by atoms with Gasteiger partial charge in [0.05, 0.1) is 6.10 Å². The molecule has 0 aromatic heterocycles. The molecule has 5 nitrogen and oxygen atoms in total. The van der Waals surface area contributed by atoms with Crippen molar-refractivity contribution in [1.29, 1.82) is 0 Å². The highest BCUT2D eigenvalue weighted by atomic mass is 16.5. The maximum absolute atomic E-state index is 12.2. The van der Waals surface area contributed by atoms with E-state index in [2.05, 4.69) is 17.6 Å². The smallest absolute Gasteiger partial charge is 0.251 e. The number of anilines is 1. The zero-order valence-corrected chi connectivity index (χ0v) is 18.0. The lowest BCUT2D eigenvalue weighted by Crippen LogP contribution is -2.31. The van der Waals surface area contributed by atoms with Gasteiger partial charge in [-0.3, -0.25) is 9.59 Å². The number of amides is 2. The number of hydrogen-bond donors (Lipinski definition) is 2. The van der Waals surface area contributed by atoms with Crippen molar-refractivity contribution in [3.05, 3.63) is 29.8 Å². The molecule has 0 unspecified atom stereocenters. The fourth-order valence-electron chi connectivity index (χ4n) is 3.64. The van der Waals surface area contributed by atoms with Gasteiger partial charge in [0, 0.05) is 30.8 Å². The van der Waals surface area contributed by atoms with Gasteiger partial charge < -0.3 is 15.4 Å². The predicted octanol–water partition coefficient (Wildman–Crippen LogP) is 5.45. The molecule has 0 radical (unpaired) electrons. The van der Waals surface area contributed by atoms with Crippen LogP contribution in [-0.4, -0.2) is 31.1 Å². The summed E-state index contributed by atoms with van der Waals surface area (Å²) < 4.78 is 5.51. The maximum Gasteiger partial charge on any atom is 0.251 e. The van der Waals surface area contributed by atoms with E-state index in [4.69, 9.17) is 4.74 Å².